The summed E-state index contributed by atoms with van der Waals surface area (Å²) in [6.45, 7) is 3.78. The zero-order valence-corrected chi connectivity index (χ0v) is 16.8. The van der Waals surface area contributed by atoms with E-state index >= 15 is 0 Å². The molecule has 0 amide bonds. The Labute approximate surface area is 165 Å². The standard InChI is InChI=1S/C19H28N6O3/c1-24(2)18-20-12-14-4-11-27-19(17(14)22-18)6-8-25(9-7-19)13-16-21-15(23-28-16)5-10-26-3/h12H,4-11,13H2,1-3H3. The number of rotatable bonds is 6. The van der Waals surface area contributed by atoms with Gasteiger partial charge in [0.25, 0.3) is 0 Å². The number of ether oxygens (including phenoxy) is 2. The largest absolute Gasteiger partial charge is 0.384 e. The van der Waals surface area contributed by atoms with Crippen molar-refractivity contribution in [2.24, 2.45) is 0 Å². The second kappa shape index (κ2) is 8.10. The molecule has 0 aliphatic carbocycles. The van der Waals surface area contributed by atoms with Gasteiger partial charge in [0, 0.05) is 46.9 Å². The van der Waals surface area contributed by atoms with Gasteiger partial charge in [0.2, 0.25) is 11.8 Å². The quantitative estimate of drug-likeness (QED) is 0.723. The van der Waals surface area contributed by atoms with E-state index in [9.17, 15) is 0 Å². The van der Waals surface area contributed by atoms with Crippen LogP contribution < -0.4 is 4.90 Å². The molecule has 0 unspecified atom stereocenters. The van der Waals surface area contributed by atoms with Crippen LogP contribution in [-0.2, 0) is 34.5 Å². The topological polar surface area (TPSA) is 89.6 Å². The molecule has 2 aromatic heterocycles. The summed E-state index contributed by atoms with van der Waals surface area (Å²) >= 11 is 0. The van der Waals surface area contributed by atoms with Crippen LogP contribution in [0, 0.1) is 0 Å². The Bertz CT molecular complexity index is 801. The second-order valence-corrected chi connectivity index (χ2v) is 7.65. The molecule has 1 spiro atoms. The number of piperidine rings is 1. The van der Waals surface area contributed by atoms with Gasteiger partial charge in [0.1, 0.15) is 5.60 Å². The Balaban J connectivity index is 1.43. The fraction of sp³-hybridized carbons (Fsp3) is 0.684. The molecule has 1 fully saturated rings. The lowest BCUT2D eigenvalue weighted by Gasteiger charge is -2.43. The highest BCUT2D eigenvalue weighted by atomic mass is 16.5. The fourth-order valence-corrected chi connectivity index (χ4v) is 3.91. The van der Waals surface area contributed by atoms with Crippen LogP contribution >= 0.6 is 0 Å². The summed E-state index contributed by atoms with van der Waals surface area (Å²) in [5.74, 6) is 2.09. The molecule has 2 aromatic rings. The molecule has 0 saturated carbocycles. The van der Waals surface area contributed by atoms with Crippen LogP contribution in [0.25, 0.3) is 0 Å². The maximum absolute atomic E-state index is 6.31. The van der Waals surface area contributed by atoms with Crippen LogP contribution in [0.2, 0.25) is 0 Å². The average molecular weight is 388 g/mol. The SMILES string of the molecule is COCCc1noc(CN2CCC3(CC2)OCCc2cnc(N(C)C)nc23)n1. The van der Waals surface area contributed by atoms with E-state index in [2.05, 4.69) is 20.0 Å². The highest BCUT2D eigenvalue weighted by Crippen LogP contribution is 2.40. The van der Waals surface area contributed by atoms with Crippen molar-refractivity contribution < 1.29 is 14.0 Å². The summed E-state index contributed by atoms with van der Waals surface area (Å²) in [5, 5.41) is 4.02. The third-order valence-corrected chi connectivity index (χ3v) is 5.50. The van der Waals surface area contributed by atoms with Crippen LogP contribution in [0.5, 0.6) is 0 Å². The molecule has 9 heteroatoms. The second-order valence-electron chi connectivity index (χ2n) is 7.65. The zero-order valence-electron chi connectivity index (χ0n) is 16.8. The molecular weight excluding hydrogens is 360 g/mol. The fourth-order valence-electron chi connectivity index (χ4n) is 3.91. The molecule has 0 N–H and O–H groups in total. The van der Waals surface area contributed by atoms with Gasteiger partial charge >= 0.3 is 0 Å². The molecular formula is C19H28N6O3. The van der Waals surface area contributed by atoms with Gasteiger partial charge in [-0.15, -0.1) is 0 Å². The zero-order chi connectivity index (χ0) is 19.6. The molecule has 0 atom stereocenters. The van der Waals surface area contributed by atoms with Crippen molar-refractivity contribution in [2.45, 2.75) is 37.8 Å². The van der Waals surface area contributed by atoms with E-state index in [1.807, 2.05) is 25.2 Å². The third-order valence-electron chi connectivity index (χ3n) is 5.50. The molecule has 2 aliphatic rings. The van der Waals surface area contributed by atoms with Crippen LogP contribution in [0.1, 0.15) is 35.8 Å². The Kier molecular flexibility index (Phi) is 5.56. The molecule has 4 rings (SSSR count). The first-order valence-corrected chi connectivity index (χ1v) is 9.80. The van der Waals surface area contributed by atoms with Gasteiger partial charge in [-0.3, -0.25) is 4.90 Å². The van der Waals surface area contributed by atoms with Gasteiger partial charge in [-0.1, -0.05) is 5.16 Å². The smallest absolute Gasteiger partial charge is 0.240 e. The highest BCUT2D eigenvalue weighted by Gasteiger charge is 2.42. The number of anilines is 1. The summed E-state index contributed by atoms with van der Waals surface area (Å²) in [6.07, 6.45) is 5.31. The number of methoxy groups -OCH3 is 1. The van der Waals surface area contributed by atoms with E-state index in [4.69, 9.17) is 19.0 Å². The normalized spacial score (nSPS) is 19.0. The van der Waals surface area contributed by atoms with Gasteiger partial charge < -0.3 is 18.9 Å². The van der Waals surface area contributed by atoms with E-state index in [0.717, 1.165) is 50.6 Å². The van der Waals surface area contributed by atoms with Crippen molar-refractivity contribution in [3.05, 3.63) is 29.2 Å². The lowest BCUT2D eigenvalue weighted by molar-refractivity contribution is -0.103. The van der Waals surface area contributed by atoms with Crippen LogP contribution in [0.4, 0.5) is 5.95 Å². The van der Waals surface area contributed by atoms with E-state index < -0.39 is 0 Å². The summed E-state index contributed by atoms with van der Waals surface area (Å²) < 4.78 is 16.8. The van der Waals surface area contributed by atoms with E-state index in [-0.39, 0.29) is 5.60 Å². The minimum Gasteiger partial charge on any atom is -0.384 e. The van der Waals surface area contributed by atoms with Crippen molar-refractivity contribution >= 4 is 5.95 Å². The molecule has 1 saturated heterocycles. The van der Waals surface area contributed by atoms with Gasteiger partial charge in [-0.2, -0.15) is 4.98 Å². The van der Waals surface area contributed by atoms with Gasteiger partial charge in [-0.25, -0.2) is 9.97 Å². The van der Waals surface area contributed by atoms with E-state index in [0.29, 0.717) is 31.3 Å². The molecule has 28 heavy (non-hydrogen) atoms. The lowest BCUT2D eigenvalue weighted by Crippen LogP contribution is -2.47. The van der Waals surface area contributed by atoms with Crippen molar-refractivity contribution in [1.82, 2.24) is 25.0 Å². The van der Waals surface area contributed by atoms with Crippen molar-refractivity contribution in [1.29, 1.82) is 0 Å². The Hall–Kier alpha value is -2.10. The number of nitrogens with zero attached hydrogens (tertiary/aromatic N) is 6. The maximum Gasteiger partial charge on any atom is 0.240 e. The number of hydrogen-bond acceptors (Lipinski definition) is 9. The summed E-state index contributed by atoms with van der Waals surface area (Å²) in [4.78, 5) is 18.1. The third kappa shape index (κ3) is 3.87. The summed E-state index contributed by atoms with van der Waals surface area (Å²) in [5.41, 5.74) is 1.97. The first-order chi connectivity index (χ1) is 13.6. The highest BCUT2D eigenvalue weighted by molar-refractivity contribution is 5.35. The van der Waals surface area contributed by atoms with Crippen molar-refractivity contribution in [2.75, 3.05) is 52.4 Å². The first kappa shape index (κ1) is 19.2. The Morgan fingerprint density at radius 3 is 2.82 bits per heavy atom. The number of likely N-dealkylation sites (tertiary alicyclic amines) is 1. The van der Waals surface area contributed by atoms with Crippen molar-refractivity contribution in [3.8, 4) is 0 Å². The van der Waals surface area contributed by atoms with E-state index in [1.54, 1.807) is 7.11 Å². The Morgan fingerprint density at radius 2 is 2.07 bits per heavy atom. The van der Waals surface area contributed by atoms with Crippen molar-refractivity contribution in [3.63, 3.8) is 0 Å². The monoisotopic (exact) mass is 388 g/mol. The Morgan fingerprint density at radius 1 is 1.25 bits per heavy atom. The molecule has 0 aromatic carbocycles. The molecule has 9 nitrogen and oxygen atoms in total. The minimum absolute atomic E-state index is 0.309. The van der Waals surface area contributed by atoms with Crippen LogP contribution in [0.15, 0.2) is 10.7 Å². The lowest BCUT2D eigenvalue weighted by atomic mass is 9.83. The maximum atomic E-state index is 6.31. The number of hydrogen-bond donors (Lipinski definition) is 0. The molecule has 4 heterocycles. The van der Waals surface area contributed by atoms with Gasteiger partial charge in [0.05, 0.1) is 25.5 Å². The van der Waals surface area contributed by atoms with Gasteiger partial charge in [-0.05, 0) is 24.8 Å². The van der Waals surface area contributed by atoms with E-state index in [1.165, 1.54) is 5.56 Å². The number of aromatic nitrogens is 4. The first-order valence-electron chi connectivity index (χ1n) is 9.80. The molecule has 2 aliphatic heterocycles. The predicted molar refractivity (Wildman–Crippen MR) is 102 cm³/mol. The number of fused-ring (bicyclic) bond motifs is 2. The molecule has 152 valence electrons. The van der Waals surface area contributed by atoms with Crippen LogP contribution in [0.3, 0.4) is 0 Å². The van der Waals surface area contributed by atoms with Crippen LogP contribution in [-0.4, -0.2) is 72.5 Å². The summed E-state index contributed by atoms with van der Waals surface area (Å²) in [7, 11) is 5.60. The predicted octanol–water partition coefficient (Wildman–Crippen LogP) is 1.18. The summed E-state index contributed by atoms with van der Waals surface area (Å²) in [6, 6.07) is 0. The molecule has 0 bridgehead atoms. The minimum atomic E-state index is -0.309. The van der Waals surface area contributed by atoms with Gasteiger partial charge in [0.15, 0.2) is 5.82 Å². The molecule has 0 radical (unpaired) electrons. The average Bonchev–Trinajstić information content (AvgIpc) is 3.15.